The monoisotopic (exact) mass is 442 g/mol. The maximum atomic E-state index is 13.1. The summed E-state index contributed by atoms with van der Waals surface area (Å²) in [5, 5.41) is 10.2. The van der Waals surface area contributed by atoms with Crippen molar-refractivity contribution in [3.05, 3.63) is 95.6 Å². The Morgan fingerprint density at radius 3 is 2.48 bits per heavy atom. The summed E-state index contributed by atoms with van der Waals surface area (Å²) >= 11 is 0. The van der Waals surface area contributed by atoms with Crippen molar-refractivity contribution < 1.29 is 14.0 Å². The number of amides is 2. The second kappa shape index (κ2) is 9.99. The smallest absolute Gasteiger partial charge is 0.255 e. The van der Waals surface area contributed by atoms with Crippen molar-refractivity contribution in [2.45, 2.75) is 26.8 Å². The predicted molar refractivity (Wildman–Crippen MR) is 126 cm³/mol. The van der Waals surface area contributed by atoms with E-state index >= 15 is 0 Å². The molecule has 2 amide bonds. The molecule has 0 unspecified atom stereocenters. The summed E-state index contributed by atoms with van der Waals surface area (Å²) in [7, 11) is 0. The van der Waals surface area contributed by atoms with Crippen LogP contribution >= 0.6 is 0 Å². The molecule has 4 rings (SSSR count). The molecule has 0 saturated heterocycles. The SMILES string of the molecule is CCc1ccc(-c2nn(-c3ccccc3C)cc2C(=O)NCC(=O)NCc2ccco2)cc1. The van der Waals surface area contributed by atoms with Crippen molar-refractivity contribution in [1.82, 2.24) is 20.4 Å². The molecule has 7 nitrogen and oxygen atoms in total. The van der Waals surface area contributed by atoms with Gasteiger partial charge < -0.3 is 15.1 Å². The molecule has 0 aliphatic rings. The van der Waals surface area contributed by atoms with E-state index in [0.29, 0.717) is 17.0 Å². The van der Waals surface area contributed by atoms with E-state index in [0.717, 1.165) is 23.2 Å². The van der Waals surface area contributed by atoms with Crippen LogP contribution in [-0.2, 0) is 17.8 Å². The molecule has 7 heteroatoms. The molecular formula is C26H26N4O3. The second-order valence-corrected chi connectivity index (χ2v) is 7.71. The van der Waals surface area contributed by atoms with Crippen molar-refractivity contribution >= 4 is 11.8 Å². The van der Waals surface area contributed by atoms with E-state index in [4.69, 9.17) is 9.52 Å². The van der Waals surface area contributed by atoms with Gasteiger partial charge >= 0.3 is 0 Å². The van der Waals surface area contributed by atoms with Crippen molar-refractivity contribution in [1.29, 1.82) is 0 Å². The van der Waals surface area contributed by atoms with Gasteiger partial charge in [0.05, 0.1) is 30.6 Å². The Balaban J connectivity index is 1.56. The number of benzene rings is 2. The summed E-state index contributed by atoms with van der Waals surface area (Å²) in [5.74, 6) is -0.0237. The number of carbonyl (C=O) groups excluding carboxylic acids is 2. The van der Waals surface area contributed by atoms with E-state index in [-0.39, 0.29) is 24.9 Å². The van der Waals surface area contributed by atoms with Gasteiger partial charge in [-0.15, -0.1) is 0 Å². The summed E-state index contributed by atoms with van der Waals surface area (Å²) in [4.78, 5) is 25.2. The average molecular weight is 443 g/mol. The van der Waals surface area contributed by atoms with Crippen LogP contribution < -0.4 is 10.6 Å². The molecule has 0 saturated carbocycles. The molecule has 0 aliphatic heterocycles. The third kappa shape index (κ3) is 5.20. The summed E-state index contributed by atoms with van der Waals surface area (Å²) in [6.07, 6.45) is 4.18. The van der Waals surface area contributed by atoms with Gasteiger partial charge in [0.25, 0.3) is 5.91 Å². The highest BCUT2D eigenvalue weighted by Gasteiger charge is 2.20. The van der Waals surface area contributed by atoms with Gasteiger partial charge in [-0.1, -0.05) is 49.4 Å². The van der Waals surface area contributed by atoms with Gasteiger partial charge in [0.2, 0.25) is 5.91 Å². The maximum absolute atomic E-state index is 13.1. The van der Waals surface area contributed by atoms with E-state index in [2.05, 4.69) is 17.6 Å². The van der Waals surface area contributed by atoms with Crippen molar-refractivity contribution in [3.8, 4) is 16.9 Å². The number of nitrogens with zero attached hydrogens (tertiary/aromatic N) is 2. The van der Waals surface area contributed by atoms with Crippen LogP contribution in [0.4, 0.5) is 0 Å². The Morgan fingerprint density at radius 1 is 1.00 bits per heavy atom. The Labute approximate surface area is 192 Å². The predicted octanol–water partition coefficient (Wildman–Crippen LogP) is 4.05. The number of aryl methyl sites for hydroxylation is 2. The minimum atomic E-state index is -0.363. The van der Waals surface area contributed by atoms with Gasteiger partial charge in [-0.25, -0.2) is 4.68 Å². The molecular weight excluding hydrogens is 416 g/mol. The third-order valence-electron chi connectivity index (χ3n) is 5.41. The summed E-state index contributed by atoms with van der Waals surface area (Å²) in [5.41, 5.74) is 4.94. The highest BCUT2D eigenvalue weighted by atomic mass is 16.3. The van der Waals surface area contributed by atoms with Crippen LogP contribution in [-0.4, -0.2) is 28.1 Å². The fourth-order valence-electron chi connectivity index (χ4n) is 3.51. The van der Waals surface area contributed by atoms with Crippen LogP contribution in [0.3, 0.4) is 0 Å². The number of para-hydroxylation sites is 1. The lowest BCUT2D eigenvalue weighted by molar-refractivity contribution is -0.120. The molecule has 0 atom stereocenters. The molecule has 0 fully saturated rings. The zero-order valence-electron chi connectivity index (χ0n) is 18.7. The lowest BCUT2D eigenvalue weighted by Gasteiger charge is -2.06. The zero-order valence-corrected chi connectivity index (χ0v) is 18.7. The molecule has 0 radical (unpaired) electrons. The van der Waals surface area contributed by atoms with Crippen molar-refractivity contribution in [2.24, 2.45) is 0 Å². The fourth-order valence-corrected chi connectivity index (χ4v) is 3.51. The van der Waals surface area contributed by atoms with Gasteiger partial charge in [0.15, 0.2) is 0 Å². The molecule has 0 bridgehead atoms. The second-order valence-electron chi connectivity index (χ2n) is 7.71. The first kappa shape index (κ1) is 22.1. The summed E-state index contributed by atoms with van der Waals surface area (Å²) < 4.78 is 6.91. The molecule has 4 aromatic rings. The number of nitrogens with one attached hydrogen (secondary N) is 2. The van der Waals surface area contributed by atoms with E-state index < -0.39 is 0 Å². The largest absolute Gasteiger partial charge is 0.467 e. The topological polar surface area (TPSA) is 89.2 Å². The quantitative estimate of drug-likeness (QED) is 0.431. The van der Waals surface area contributed by atoms with Crippen LogP contribution in [0.25, 0.3) is 16.9 Å². The molecule has 2 aromatic carbocycles. The van der Waals surface area contributed by atoms with Gasteiger partial charge in [0.1, 0.15) is 11.5 Å². The third-order valence-corrected chi connectivity index (χ3v) is 5.41. The van der Waals surface area contributed by atoms with E-state index in [1.165, 1.54) is 5.56 Å². The molecule has 168 valence electrons. The Hall–Kier alpha value is -4.13. The van der Waals surface area contributed by atoms with Crippen molar-refractivity contribution in [3.63, 3.8) is 0 Å². The fraction of sp³-hybridized carbons (Fsp3) is 0.192. The molecule has 0 aliphatic carbocycles. The molecule has 33 heavy (non-hydrogen) atoms. The number of hydrogen-bond acceptors (Lipinski definition) is 4. The minimum absolute atomic E-state index is 0.150. The minimum Gasteiger partial charge on any atom is -0.467 e. The van der Waals surface area contributed by atoms with Gasteiger partial charge in [-0.3, -0.25) is 9.59 Å². The lowest BCUT2D eigenvalue weighted by Crippen LogP contribution is -2.36. The summed E-state index contributed by atoms with van der Waals surface area (Å²) in [6.45, 7) is 4.21. The van der Waals surface area contributed by atoms with Crippen molar-refractivity contribution in [2.75, 3.05) is 6.54 Å². The number of carbonyl (C=O) groups is 2. The Morgan fingerprint density at radius 2 is 1.79 bits per heavy atom. The van der Waals surface area contributed by atoms with Gasteiger partial charge in [0, 0.05) is 11.8 Å². The maximum Gasteiger partial charge on any atom is 0.255 e. The highest BCUT2D eigenvalue weighted by Crippen LogP contribution is 2.25. The molecule has 0 spiro atoms. The van der Waals surface area contributed by atoms with E-state index in [9.17, 15) is 9.59 Å². The highest BCUT2D eigenvalue weighted by molar-refractivity contribution is 6.01. The number of hydrogen-bond donors (Lipinski definition) is 2. The van der Waals surface area contributed by atoms with Crippen LogP contribution in [0.2, 0.25) is 0 Å². The van der Waals surface area contributed by atoms with E-state index in [1.807, 2.05) is 55.5 Å². The van der Waals surface area contributed by atoms with Crippen LogP contribution in [0, 0.1) is 6.92 Å². The first-order valence-corrected chi connectivity index (χ1v) is 10.9. The van der Waals surface area contributed by atoms with Gasteiger partial charge in [-0.05, 0) is 42.7 Å². The first-order valence-electron chi connectivity index (χ1n) is 10.9. The Bertz CT molecular complexity index is 1240. The lowest BCUT2D eigenvalue weighted by atomic mass is 10.0. The number of furan rings is 1. The molecule has 2 heterocycles. The Kier molecular flexibility index (Phi) is 6.69. The average Bonchev–Trinajstić information content (AvgIpc) is 3.52. The van der Waals surface area contributed by atoms with Crippen LogP contribution in [0.15, 0.2) is 77.5 Å². The standard InChI is InChI=1S/C26H26N4O3/c1-3-19-10-12-20(13-11-19)25-22(17-30(29-25)23-9-5-4-7-18(23)2)26(32)28-16-24(31)27-15-21-8-6-14-33-21/h4-14,17H,3,15-16H2,1-2H3,(H,27,31)(H,28,32). The molecule has 2 aromatic heterocycles. The first-order chi connectivity index (χ1) is 16.0. The van der Waals surface area contributed by atoms with E-state index in [1.54, 1.807) is 29.3 Å². The summed E-state index contributed by atoms with van der Waals surface area (Å²) in [6, 6.07) is 19.4. The van der Waals surface area contributed by atoms with Crippen LogP contribution in [0.1, 0.15) is 34.2 Å². The van der Waals surface area contributed by atoms with Crippen LogP contribution in [0.5, 0.6) is 0 Å². The van der Waals surface area contributed by atoms with Gasteiger partial charge in [-0.2, -0.15) is 5.10 Å². The normalized spacial score (nSPS) is 10.7. The number of aromatic nitrogens is 2. The molecule has 2 N–H and O–H groups in total. The zero-order chi connectivity index (χ0) is 23.2. The number of rotatable bonds is 8.